The van der Waals surface area contributed by atoms with E-state index in [0.717, 1.165) is 5.56 Å². The molecule has 0 radical (unpaired) electrons. The summed E-state index contributed by atoms with van der Waals surface area (Å²) in [6, 6.07) is 9.50. The lowest BCUT2D eigenvalue weighted by Gasteiger charge is -2.23. The first-order valence-electron chi connectivity index (χ1n) is 5.72. The molecular weight excluding hydrogens is 218 g/mol. The van der Waals surface area contributed by atoms with Crippen molar-refractivity contribution in [1.29, 1.82) is 0 Å². The van der Waals surface area contributed by atoms with Crippen molar-refractivity contribution in [2.24, 2.45) is 0 Å². The Morgan fingerprint density at radius 1 is 1.35 bits per heavy atom. The van der Waals surface area contributed by atoms with Gasteiger partial charge in [-0.3, -0.25) is 9.59 Å². The van der Waals surface area contributed by atoms with Crippen molar-refractivity contribution in [3.05, 3.63) is 35.9 Å². The Bertz CT molecular complexity index is 416. The summed E-state index contributed by atoms with van der Waals surface area (Å²) in [6.07, 6.45) is 1.15. The van der Waals surface area contributed by atoms with Crippen LogP contribution in [-0.4, -0.2) is 27.9 Å². The van der Waals surface area contributed by atoms with Crippen LogP contribution in [0.5, 0.6) is 0 Å². The lowest BCUT2D eigenvalue weighted by Crippen LogP contribution is -2.33. The van der Waals surface area contributed by atoms with Gasteiger partial charge in [-0.15, -0.1) is 0 Å². The topological polar surface area (TPSA) is 57.6 Å². The number of benzene rings is 1. The molecule has 1 heterocycles. The third-order valence-corrected chi connectivity index (χ3v) is 3.06. The summed E-state index contributed by atoms with van der Waals surface area (Å²) in [6.45, 7) is 0.512. The van der Waals surface area contributed by atoms with Crippen LogP contribution < -0.4 is 0 Å². The minimum Gasteiger partial charge on any atom is -0.481 e. The molecule has 0 spiro atoms. The Labute approximate surface area is 99.9 Å². The van der Waals surface area contributed by atoms with Crippen LogP contribution in [0.4, 0.5) is 0 Å². The molecule has 1 aliphatic heterocycles. The van der Waals surface area contributed by atoms with Gasteiger partial charge in [0.25, 0.3) is 0 Å². The third kappa shape index (κ3) is 2.84. The average molecular weight is 233 g/mol. The van der Waals surface area contributed by atoms with Gasteiger partial charge in [0.1, 0.15) is 0 Å². The maximum Gasteiger partial charge on any atom is 0.305 e. The molecule has 90 valence electrons. The van der Waals surface area contributed by atoms with Crippen molar-refractivity contribution in [3.8, 4) is 0 Å². The number of hydrogen-bond donors (Lipinski definition) is 1. The molecule has 1 aromatic carbocycles. The van der Waals surface area contributed by atoms with E-state index in [2.05, 4.69) is 0 Å². The number of carbonyl (C=O) groups excluding carboxylic acids is 1. The smallest absolute Gasteiger partial charge is 0.305 e. The zero-order valence-corrected chi connectivity index (χ0v) is 9.50. The van der Waals surface area contributed by atoms with Crippen LogP contribution in [-0.2, 0) is 16.1 Å². The quantitative estimate of drug-likeness (QED) is 0.860. The average Bonchev–Trinajstić information content (AvgIpc) is 2.62. The van der Waals surface area contributed by atoms with Crippen LogP contribution in [0.15, 0.2) is 30.3 Å². The third-order valence-electron chi connectivity index (χ3n) is 3.06. The Balaban J connectivity index is 2.06. The first-order chi connectivity index (χ1) is 8.16. The molecule has 4 nitrogen and oxygen atoms in total. The molecule has 0 saturated carbocycles. The van der Waals surface area contributed by atoms with Crippen LogP contribution in [0.25, 0.3) is 0 Å². The summed E-state index contributed by atoms with van der Waals surface area (Å²) in [5.41, 5.74) is 1.04. The van der Waals surface area contributed by atoms with Gasteiger partial charge in [0.15, 0.2) is 0 Å². The summed E-state index contributed by atoms with van der Waals surface area (Å²) in [5.74, 6) is -0.789. The fraction of sp³-hybridized carbons (Fsp3) is 0.385. The first-order valence-corrected chi connectivity index (χ1v) is 5.72. The minimum atomic E-state index is -0.845. The second kappa shape index (κ2) is 4.99. The molecular formula is C13H15NO3. The highest BCUT2D eigenvalue weighted by Crippen LogP contribution is 2.23. The van der Waals surface area contributed by atoms with E-state index >= 15 is 0 Å². The molecule has 2 rings (SSSR count). The molecule has 17 heavy (non-hydrogen) atoms. The van der Waals surface area contributed by atoms with E-state index in [4.69, 9.17) is 5.11 Å². The van der Waals surface area contributed by atoms with Gasteiger partial charge in [0.2, 0.25) is 5.91 Å². The van der Waals surface area contributed by atoms with Gasteiger partial charge >= 0.3 is 5.97 Å². The summed E-state index contributed by atoms with van der Waals surface area (Å²) >= 11 is 0. The standard InChI is InChI=1S/C13H15NO3/c15-12-7-6-11(8-13(16)17)14(12)9-10-4-2-1-3-5-10/h1-5,11H,6-9H2,(H,16,17)/t11-/m0/s1. The van der Waals surface area contributed by atoms with Crippen molar-refractivity contribution in [3.63, 3.8) is 0 Å². The second-order valence-electron chi connectivity index (χ2n) is 4.30. The number of carboxylic acids is 1. The van der Waals surface area contributed by atoms with E-state index in [1.807, 2.05) is 30.3 Å². The fourth-order valence-electron chi connectivity index (χ4n) is 2.20. The lowest BCUT2D eigenvalue weighted by molar-refractivity contribution is -0.139. The molecule has 0 aliphatic carbocycles. The molecule has 4 heteroatoms. The predicted molar refractivity (Wildman–Crippen MR) is 62.3 cm³/mol. The van der Waals surface area contributed by atoms with Crippen molar-refractivity contribution < 1.29 is 14.7 Å². The molecule has 1 saturated heterocycles. The van der Waals surface area contributed by atoms with E-state index in [0.29, 0.717) is 19.4 Å². The van der Waals surface area contributed by atoms with Crippen LogP contribution in [0.2, 0.25) is 0 Å². The number of carboxylic acid groups (broad SMARTS) is 1. The van der Waals surface area contributed by atoms with Crippen molar-refractivity contribution in [1.82, 2.24) is 4.90 Å². The van der Waals surface area contributed by atoms with E-state index < -0.39 is 5.97 Å². The van der Waals surface area contributed by atoms with Crippen LogP contribution in [0.3, 0.4) is 0 Å². The van der Waals surface area contributed by atoms with Crippen molar-refractivity contribution in [2.75, 3.05) is 0 Å². The molecule has 1 atom stereocenters. The van der Waals surface area contributed by atoms with Gasteiger partial charge in [0, 0.05) is 19.0 Å². The number of carbonyl (C=O) groups is 2. The van der Waals surface area contributed by atoms with E-state index in [9.17, 15) is 9.59 Å². The van der Waals surface area contributed by atoms with Gasteiger partial charge in [-0.25, -0.2) is 0 Å². The molecule has 1 amide bonds. The highest BCUT2D eigenvalue weighted by molar-refractivity contribution is 5.80. The van der Waals surface area contributed by atoms with Gasteiger partial charge in [-0.05, 0) is 12.0 Å². The highest BCUT2D eigenvalue weighted by atomic mass is 16.4. The number of aliphatic carboxylic acids is 1. The van der Waals surface area contributed by atoms with Crippen LogP contribution in [0.1, 0.15) is 24.8 Å². The van der Waals surface area contributed by atoms with Gasteiger partial charge in [-0.1, -0.05) is 30.3 Å². The zero-order valence-electron chi connectivity index (χ0n) is 9.50. The monoisotopic (exact) mass is 233 g/mol. The summed E-state index contributed by atoms with van der Waals surface area (Å²) in [4.78, 5) is 24.1. The maximum atomic E-state index is 11.7. The first kappa shape index (κ1) is 11.6. The van der Waals surface area contributed by atoms with Crippen LogP contribution >= 0.6 is 0 Å². The summed E-state index contributed by atoms with van der Waals surface area (Å²) < 4.78 is 0. The number of hydrogen-bond acceptors (Lipinski definition) is 2. The summed E-state index contributed by atoms with van der Waals surface area (Å²) in [5, 5.41) is 8.81. The largest absolute Gasteiger partial charge is 0.481 e. The van der Waals surface area contributed by atoms with Crippen LogP contribution in [0, 0.1) is 0 Å². The molecule has 1 fully saturated rings. The van der Waals surface area contributed by atoms with Gasteiger partial charge < -0.3 is 10.0 Å². The lowest BCUT2D eigenvalue weighted by atomic mass is 10.1. The van der Waals surface area contributed by atoms with Crippen molar-refractivity contribution >= 4 is 11.9 Å². The maximum absolute atomic E-state index is 11.7. The molecule has 0 unspecified atom stereocenters. The number of amides is 1. The Hall–Kier alpha value is -1.84. The van der Waals surface area contributed by atoms with Crippen molar-refractivity contribution in [2.45, 2.75) is 31.8 Å². The number of nitrogens with zero attached hydrogens (tertiary/aromatic N) is 1. The van der Waals surface area contributed by atoms with Gasteiger partial charge in [-0.2, -0.15) is 0 Å². The van der Waals surface area contributed by atoms with E-state index in [1.165, 1.54) is 0 Å². The summed E-state index contributed by atoms with van der Waals surface area (Å²) in [7, 11) is 0. The minimum absolute atomic E-state index is 0.0403. The Morgan fingerprint density at radius 3 is 2.71 bits per heavy atom. The Morgan fingerprint density at radius 2 is 2.06 bits per heavy atom. The van der Waals surface area contributed by atoms with E-state index in [-0.39, 0.29) is 18.4 Å². The SMILES string of the molecule is O=C(O)C[C@@H]1CCC(=O)N1Cc1ccccc1. The number of likely N-dealkylation sites (tertiary alicyclic amines) is 1. The molecule has 1 aromatic rings. The normalized spacial score (nSPS) is 19.6. The van der Waals surface area contributed by atoms with Gasteiger partial charge in [0.05, 0.1) is 6.42 Å². The highest BCUT2D eigenvalue weighted by Gasteiger charge is 2.32. The predicted octanol–water partition coefficient (Wildman–Crippen LogP) is 1.65. The molecule has 0 aromatic heterocycles. The van der Waals surface area contributed by atoms with E-state index in [1.54, 1.807) is 4.90 Å². The number of rotatable bonds is 4. The Kier molecular flexibility index (Phi) is 3.42. The fourth-order valence-corrected chi connectivity index (χ4v) is 2.20. The second-order valence-corrected chi connectivity index (χ2v) is 4.30. The zero-order chi connectivity index (χ0) is 12.3. The molecule has 1 N–H and O–H groups in total. The molecule has 1 aliphatic rings. The molecule has 0 bridgehead atoms.